The first-order valence-corrected chi connectivity index (χ1v) is 9.39. The average Bonchev–Trinajstić information content (AvgIpc) is 3.29. The first-order chi connectivity index (χ1) is 13.0. The molecule has 0 aliphatic carbocycles. The molecule has 0 fully saturated rings. The molecular weight excluding hydrogens is 366 g/mol. The van der Waals surface area contributed by atoms with Gasteiger partial charge in [-0.25, -0.2) is 0 Å². The van der Waals surface area contributed by atoms with E-state index < -0.39 is 0 Å². The lowest BCUT2D eigenvalue weighted by molar-refractivity contribution is -0.127. The number of hydrogen-bond acceptors (Lipinski definition) is 7. The van der Waals surface area contributed by atoms with Crippen LogP contribution in [0.3, 0.4) is 0 Å². The number of aromatic nitrogens is 2. The fourth-order valence-corrected chi connectivity index (χ4v) is 3.13. The Morgan fingerprint density at radius 3 is 2.59 bits per heavy atom. The molecule has 0 aliphatic heterocycles. The molecule has 0 atom stereocenters. The van der Waals surface area contributed by atoms with Crippen LogP contribution in [-0.2, 0) is 17.8 Å². The Balaban J connectivity index is 1.48. The highest BCUT2D eigenvalue weighted by Gasteiger charge is 2.14. The molecule has 0 unspecified atom stereocenters. The average molecular weight is 387 g/mol. The smallest absolute Gasteiger partial charge is 0.277 e. The zero-order chi connectivity index (χ0) is 19.2. The van der Waals surface area contributed by atoms with Gasteiger partial charge in [0.25, 0.3) is 5.22 Å². The fourth-order valence-electron chi connectivity index (χ4n) is 2.41. The lowest BCUT2D eigenvalue weighted by atomic mass is 10.1. The van der Waals surface area contributed by atoms with Crippen LogP contribution in [0.2, 0.25) is 0 Å². The second-order valence-electron chi connectivity index (χ2n) is 6.04. The molecule has 1 aromatic carbocycles. The number of rotatable bonds is 8. The lowest BCUT2D eigenvalue weighted by Crippen LogP contribution is -2.27. The van der Waals surface area contributed by atoms with E-state index in [0.717, 1.165) is 22.8 Å². The van der Waals surface area contributed by atoms with Gasteiger partial charge in [-0.1, -0.05) is 23.9 Å². The molecule has 0 spiro atoms. The summed E-state index contributed by atoms with van der Waals surface area (Å²) in [6.45, 7) is 2.31. The van der Waals surface area contributed by atoms with E-state index in [4.69, 9.17) is 13.6 Å². The van der Waals surface area contributed by atoms with Crippen LogP contribution in [0.15, 0.2) is 50.5 Å². The quantitative estimate of drug-likeness (QED) is 0.548. The molecule has 142 valence electrons. The summed E-state index contributed by atoms with van der Waals surface area (Å²) in [7, 11) is 3.37. The van der Waals surface area contributed by atoms with E-state index in [1.54, 1.807) is 19.1 Å². The number of nitrogens with zero attached hydrogens (tertiary/aromatic N) is 3. The predicted molar refractivity (Wildman–Crippen MR) is 101 cm³/mol. The third kappa shape index (κ3) is 5.37. The van der Waals surface area contributed by atoms with Gasteiger partial charge >= 0.3 is 0 Å². The van der Waals surface area contributed by atoms with E-state index in [1.807, 2.05) is 43.3 Å². The maximum absolute atomic E-state index is 12.2. The number of carbonyl (C=O) groups is 1. The standard InChI is InChI=1S/C19H21N3O4S/c1-13-4-7-16(25-13)11-22(2)18(23)12-27-19-21-20-17(26-19)10-14-5-8-15(24-3)9-6-14/h4-9H,10-12H2,1-3H3. The number of aryl methyl sites for hydroxylation is 1. The van der Waals surface area contributed by atoms with Crippen molar-refractivity contribution in [1.29, 1.82) is 0 Å². The number of methoxy groups -OCH3 is 1. The molecule has 2 heterocycles. The SMILES string of the molecule is COc1ccc(Cc2nnc(SCC(=O)N(C)Cc3ccc(C)o3)o2)cc1. The lowest BCUT2D eigenvalue weighted by Gasteiger charge is -2.14. The van der Waals surface area contributed by atoms with Crippen molar-refractivity contribution < 1.29 is 18.4 Å². The number of furan rings is 1. The number of ether oxygens (including phenoxy) is 1. The third-order valence-corrected chi connectivity index (χ3v) is 4.70. The Hall–Kier alpha value is -2.74. The highest BCUT2D eigenvalue weighted by atomic mass is 32.2. The molecule has 8 heteroatoms. The summed E-state index contributed by atoms with van der Waals surface area (Å²) in [5.74, 6) is 3.08. The van der Waals surface area contributed by atoms with Crippen LogP contribution in [0.5, 0.6) is 5.75 Å². The van der Waals surface area contributed by atoms with Crippen LogP contribution in [0, 0.1) is 6.92 Å². The van der Waals surface area contributed by atoms with Gasteiger partial charge in [0, 0.05) is 7.05 Å². The van der Waals surface area contributed by atoms with E-state index in [9.17, 15) is 4.79 Å². The molecule has 0 aliphatic rings. The largest absolute Gasteiger partial charge is 0.497 e. The van der Waals surface area contributed by atoms with Crippen LogP contribution in [-0.4, -0.2) is 40.9 Å². The Bertz CT molecular complexity index is 889. The van der Waals surface area contributed by atoms with Gasteiger partial charge in [0.05, 0.1) is 25.8 Å². The number of hydrogen-bond donors (Lipinski definition) is 0. The summed E-state index contributed by atoms with van der Waals surface area (Å²) in [4.78, 5) is 13.9. The summed E-state index contributed by atoms with van der Waals surface area (Å²) in [5, 5.41) is 8.42. The van der Waals surface area contributed by atoms with Gasteiger partial charge < -0.3 is 18.5 Å². The molecule has 0 radical (unpaired) electrons. The van der Waals surface area contributed by atoms with Crippen molar-refractivity contribution in [3.8, 4) is 5.75 Å². The summed E-state index contributed by atoms with van der Waals surface area (Å²) in [6.07, 6.45) is 0.531. The van der Waals surface area contributed by atoms with Crippen LogP contribution >= 0.6 is 11.8 Å². The molecule has 0 saturated carbocycles. The molecule has 0 N–H and O–H groups in total. The van der Waals surface area contributed by atoms with Crippen molar-refractivity contribution in [2.75, 3.05) is 19.9 Å². The Labute approximate surface area is 161 Å². The van der Waals surface area contributed by atoms with E-state index in [0.29, 0.717) is 24.1 Å². The van der Waals surface area contributed by atoms with Gasteiger partial charge in [-0.05, 0) is 36.8 Å². The van der Waals surface area contributed by atoms with Crippen molar-refractivity contribution in [3.63, 3.8) is 0 Å². The Kier molecular flexibility index (Phi) is 6.18. The van der Waals surface area contributed by atoms with Crippen LogP contribution in [0.25, 0.3) is 0 Å². The third-order valence-electron chi connectivity index (χ3n) is 3.90. The minimum absolute atomic E-state index is 0.0380. The van der Waals surface area contributed by atoms with E-state index in [1.165, 1.54) is 11.8 Å². The summed E-state index contributed by atoms with van der Waals surface area (Å²) in [5.41, 5.74) is 1.04. The predicted octanol–water partition coefficient (Wildman–Crippen LogP) is 3.32. The minimum Gasteiger partial charge on any atom is -0.497 e. The molecule has 1 amide bonds. The van der Waals surface area contributed by atoms with Gasteiger partial charge in [-0.3, -0.25) is 4.79 Å². The first kappa shape index (κ1) is 19.0. The monoisotopic (exact) mass is 387 g/mol. The van der Waals surface area contributed by atoms with Crippen molar-refractivity contribution in [1.82, 2.24) is 15.1 Å². The summed E-state index contributed by atoms with van der Waals surface area (Å²) < 4.78 is 16.2. The Morgan fingerprint density at radius 1 is 1.15 bits per heavy atom. The van der Waals surface area contributed by atoms with E-state index in [-0.39, 0.29) is 11.7 Å². The zero-order valence-corrected chi connectivity index (χ0v) is 16.3. The molecule has 27 heavy (non-hydrogen) atoms. The fraction of sp³-hybridized carbons (Fsp3) is 0.316. The molecule has 7 nitrogen and oxygen atoms in total. The van der Waals surface area contributed by atoms with Gasteiger partial charge in [0.1, 0.15) is 17.3 Å². The second-order valence-corrected chi connectivity index (χ2v) is 6.96. The molecule has 0 bridgehead atoms. The van der Waals surface area contributed by atoms with Crippen molar-refractivity contribution in [2.45, 2.75) is 25.1 Å². The number of amides is 1. The van der Waals surface area contributed by atoms with E-state index in [2.05, 4.69) is 10.2 Å². The van der Waals surface area contributed by atoms with Crippen molar-refractivity contribution >= 4 is 17.7 Å². The maximum atomic E-state index is 12.2. The van der Waals surface area contributed by atoms with E-state index >= 15 is 0 Å². The van der Waals surface area contributed by atoms with Crippen LogP contribution in [0.4, 0.5) is 0 Å². The molecule has 3 rings (SSSR count). The van der Waals surface area contributed by atoms with Gasteiger partial charge in [-0.2, -0.15) is 0 Å². The number of benzene rings is 1. The highest BCUT2D eigenvalue weighted by Crippen LogP contribution is 2.20. The zero-order valence-electron chi connectivity index (χ0n) is 15.5. The molecule has 3 aromatic rings. The van der Waals surface area contributed by atoms with Gasteiger partial charge in [0.2, 0.25) is 11.8 Å². The van der Waals surface area contributed by atoms with Gasteiger partial charge in [0.15, 0.2) is 0 Å². The maximum Gasteiger partial charge on any atom is 0.277 e. The van der Waals surface area contributed by atoms with Crippen molar-refractivity contribution in [3.05, 3.63) is 59.4 Å². The molecule has 0 saturated heterocycles. The second kappa shape index (κ2) is 8.77. The summed E-state index contributed by atoms with van der Waals surface area (Å²) in [6, 6.07) is 11.4. The van der Waals surface area contributed by atoms with Crippen LogP contribution < -0.4 is 4.74 Å². The summed E-state index contributed by atoms with van der Waals surface area (Å²) >= 11 is 1.23. The highest BCUT2D eigenvalue weighted by molar-refractivity contribution is 7.99. The minimum atomic E-state index is -0.0380. The topological polar surface area (TPSA) is 81.6 Å². The normalized spacial score (nSPS) is 10.8. The van der Waals surface area contributed by atoms with Crippen LogP contribution in [0.1, 0.15) is 23.0 Å². The number of thioether (sulfide) groups is 1. The Morgan fingerprint density at radius 2 is 1.93 bits per heavy atom. The molecule has 2 aromatic heterocycles. The molecular formula is C19H21N3O4S. The van der Waals surface area contributed by atoms with Gasteiger partial charge in [-0.15, -0.1) is 10.2 Å². The van der Waals surface area contributed by atoms with Crippen molar-refractivity contribution in [2.24, 2.45) is 0 Å². The first-order valence-electron chi connectivity index (χ1n) is 8.41. The number of carbonyl (C=O) groups excluding carboxylic acids is 1.